The maximum atomic E-state index is 12.3. The topological polar surface area (TPSA) is 109 Å². The average molecular weight is 407 g/mol. The Morgan fingerprint density at radius 3 is 2.70 bits per heavy atom. The molecule has 30 heavy (non-hydrogen) atoms. The first-order valence-corrected chi connectivity index (χ1v) is 10.1. The molecule has 2 heterocycles. The summed E-state index contributed by atoms with van der Waals surface area (Å²) in [4.78, 5) is 25.7. The van der Waals surface area contributed by atoms with Gasteiger partial charge < -0.3 is 15.2 Å². The monoisotopic (exact) mass is 407 g/mol. The zero-order valence-electron chi connectivity index (χ0n) is 17.1. The lowest BCUT2D eigenvalue weighted by Crippen LogP contribution is -2.40. The number of methoxy groups -OCH3 is 1. The van der Waals surface area contributed by atoms with Gasteiger partial charge in [-0.2, -0.15) is 0 Å². The van der Waals surface area contributed by atoms with E-state index in [0.29, 0.717) is 28.4 Å². The molecule has 8 nitrogen and oxygen atoms in total. The van der Waals surface area contributed by atoms with Gasteiger partial charge in [-0.25, -0.2) is 19.7 Å². The average Bonchev–Trinajstić information content (AvgIpc) is 2.75. The molecule has 0 radical (unpaired) electrons. The van der Waals surface area contributed by atoms with E-state index in [0.717, 1.165) is 37.2 Å². The van der Waals surface area contributed by atoms with Crippen molar-refractivity contribution in [2.45, 2.75) is 38.6 Å². The third-order valence-electron chi connectivity index (χ3n) is 5.47. The van der Waals surface area contributed by atoms with Crippen LogP contribution in [0.25, 0.3) is 22.4 Å². The highest BCUT2D eigenvalue weighted by molar-refractivity contribution is 5.89. The molecule has 1 fully saturated rings. The van der Waals surface area contributed by atoms with Gasteiger partial charge in [0.2, 0.25) is 0 Å². The van der Waals surface area contributed by atoms with Crippen molar-refractivity contribution in [2.75, 3.05) is 12.4 Å². The number of benzene rings is 1. The highest BCUT2D eigenvalue weighted by Gasteiger charge is 2.20. The molecule has 4 rings (SSSR count). The van der Waals surface area contributed by atoms with Crippen LogP contribution in [0, 0.1) is 5.92 Å². The zero-order valence-corrected chi connectivity index (χ0v) is 17.1. The fourth-order valence-corrected chi connectivity index (χ4v) is 3.70. The Balaban J connectivity index is 1.51. The van der Waals surface area contributed by atoms with E-state index in [1.54, 1.807) is 18.2 Å². The molecule has 0 saturated heterocycles. The Morgan fingerprint density at radius 1 is 1.13 bits per heavy atom. The van der Waals surface area contributed by atoms with E-state index < -0.39 is 0 Å². The number of hydrogen-bond donors (Lipinski definition) is 3. The normalized spacial score (nSPS) is 18.7. The van der Waals surface area contributed by atoms with Gasteiger partial charge in [0, 0.05) is 11.6 Å². The molecule has 0 atom stereocenters. The third kappa shape index (κ3) is 4.42. The minimum absolute atomic E-state index is 0.0618. The Kier molecular flexibility index (Phi) is 5.65. The van der Waals surface area contributed by atoms with E-state index in [-0.39, 0.29) is 17.8 Å². The highest BCUT2D eigenvalue weighted by atomic mass is 16.5. The molecular formula is C22H25N5O3. The molecule has 1 aliphatic rings. The zero-order chi connectivity index (χ0) is 21.1. The predicted octanol–water partition coefficient (Wildman–Crippen LogP) is 4.11. The van der Waals surface area contributed by atoms with Crippen molar-refractivity contribution in [1.29, 1.82) is 0 Å². The van der Waals surface area contributed by atoms with Crippen molar-refractivity contribution in [3.05, 3.63) is 36.5 Å². The number of aromatic hydroxyl groups is 1. The highest BCUT2D eigenvalue weighted by Crippen LogP contribution is 2.31. The maximum absolute atomic E-state index is 12.3. The smallest absolute Gasteiger partial charge is 0.320 e. The van der Waals surface area contributed by atoms with Gasteiger partial charge in [-0.3, -0.25) is 5.32 Å². The van der Waals surface area contributed by atoms with Crippen molar-refractivity contribution in [2.24, 2.45) is 5.92 Å². The maximum Gasteiger partial charge on any atom is 0.320 e. The molecule has 0 aliphatic heterocycles. The second kappa shape index (κ2) is 8.52. The number of carbonyl (C=O) groups is 1. The fourth-order valence-electron chi connectivity index (χ4n) is 3.70. The van der Waals surface area contributed by atoms with Crippen LogP contribution in [-0.4, -0.2) is 39.2 Å². The minimum atomic E-state index is -0.275. The summed E-state index contributed by atoms with van der Waals surface area (Å²) >= 11 is 0. The van der Waals surface area contributed by atoms with E-state index in [1.165, 1.54) is 13.3 Å². The first-order chi connectivity index (χ1) is 14.5. The van der Waals surface area contributed by atoms with E-state index in [9.17, 15) is 9.90 Å². The summed E-state index contributed by atoms with van der Waals surface area (Å²) in [5.41, 5.74) is 2.48. The molecule has 8 heteroatoms. The largest absolute Gasteiger partial charge is 0.504 e. The summed E-state index contributed by atoms with van der Waals surface area (Å²) in [6, 6.07) is 8.58. The second-order valence-corrected chi connectivity index (χ2v) is 7.74. The van der Waals surface area contributed by atoms with Crippen LogP contribution in [0.5, 0.6) is 11.5 Å². The lowest BCUT2D eigenvalue weighted by molar-refractivity contribution is 0.239. The van der Waals surface area contributed by atoms with Crippen molar-refractivity contribution in [3.63, 3.8) is 0 Å². The van der Waals surface area contributed by atoms with Gasteiger partial charge in [0.05, 0.1) is 19.0 Å². The lowest BCUT2D eigenvalue weighted by Gasteiger charge is -2.26. The number of phenols is 1. The van der Waals surface area contributed by atoms with Crippen LogP contribution in [0.2, 0.25) is 0 Å². The van der Waals surface area contributed by atoms with E-state index >= 15 is 0 Å². The molecule has 2 amide bonds. The number of hydrogen-bond acceptors (Lipinski definition) is 6. The van der Waals surface area contributed by atoms with Crippen LogP contribution in [0.1, 0.15) is 32.6 Å². The molecule has 3 aromatic rings. The number of rotatable bonds is 4. The van der Waals surface area contributed by atoms with Crippen LogP contribution in [0.15, 0.2) is 36.5 Å². The number of aromatic nitrogens is 3. The Hall–Kier alpha value is -3.42. The van der Waals surface area contributed by atoms with Crippen molar-refractivity contribution in [1.82, 2.24) is 20.3 Å². The van der Waals surface area contributed by atoms with E-state index in [1.807, 2.05) is 12.1 Å². The lowest BCUT2D eigenvalue weighted by atomic mass is 9.87. The van der Waals surface area contributed by atoms with Gasteiger partial charge in [0.1, 0.15) is 5.52 Å². The van der Waals surface area contributed by atoms with E-state index in [2.05, 4.69) is 32.5 Å². The molecule has 1 saturated carbocycles. The predicted molar refractivity (Wildman–Crippen MR) is 115 cm³/mol. The number of pyridine rings is 1. The summed E-state index contributed by atoms with van der Waals surface area (Å²) in [6.07, 6.45) is 5.79. The molecule has 2 aromatic heterocycles. The van der Waals surface area contributed by atoms with Crippen molar-refractivity contribution >= 4 is 23.0 Å². The molecule has 0 spiro atoms. The van der Waals surface area contributed by atoms with Crippen LogP contribution >= 0.6 is 0 Å². The number of ether oxygens (including phenoxy) is 1. The second-order valence-electron chi connectivity index (χ2n) is 7.74. The van der Waals surface area contributed by atoms with Crippen LogP contribution < -0.4 is 15.4 Å². The number of carbonyl (C=O) groups excluding carboxylic acids is 1. The Morgan fingerprint density at radius 2 is 1.93 bits per heavy atom. The summed E-state index contributed by atoms with van der Waals surface area (Å²) in [6.45, 7) is 2.25. The van der Waals surface area contributed by atoms with Crippen LogP contribution in [-0.2, 0) is 0 Å². The summed E-state index contributed by atoms with van der Waals surface area (Å²) in [5, 5.41) is 15.6. The van der Waals surface area contributed by atoms with E-state index in [4.69, 9.17) is 4.74 Å². The first kappa shape index (κ1) is 19.9. The van der Waals surface area contributed by atoms with Gasteiger partial charge in [0.15, 0.2) is 23.0 Å². The van der Waals surface area contributed by atoms with Crippen LogP contribution in [0.4, 0.5) is 10.6 Å². The summed E-state index contributed by atoms with van der Waals surface area (Å²) in [5.74, 6) is 1.50. The quantitative estimate of drug-likeness (QED) is 0.601. The standard InChI is InChI=1S/C22H25N5O3/c1-13-3-6-15(7-4-13)24-22(29)27-20-12-23-17-9-8-16(25-21(17)26-20)14-5-10-18(28)19(11-14)30-2/h5,8-13,15,28H,3-4,6-7H2,1-2H3,(H2,24,25,26,27,29). The summed E-state index contributed by atoms with van der Waals surface area (Å²) < 4.78 is 5.17. The van der Waals surface area contributed by atoms with Crippen molar-refractivity contribution in [3.8, 4) is 22.8 Å². The number of urea groups is 1. The number of phenolic OH excluding ortho intramolecular Hbond substituents is 1. The molecule has 3 N–H and O–H groups in total. The van der Waals surface area contributed by atoms with Gasteiger partial charge in [0.25, 0.3) is 0 Å². The fraction of sp³-hybridized carbons (Fsp3) is 0.364. The van der Waals surface area contributed by atoms with Gasteiger partial charge >= 0.3 is 6.03 Å². The van der Waals surface area contributed by atoms with Crippen LogP contribution in [0.3, 0.4) is 0 Å². The number of fused-ring (bicyclic) bond motifs is 1. The molecule has 0 bridgehead atoms. The van der Waals surface area contributed by atoms with Gasteiger partial charge in [-0.1, -0.05) is 6.92 Å². The number of nitrogens with one attached hydrogen (secondary N) is 2. The summed E-state index contributed by atoms with van der Waals surface area (Å²) in [7, 11) is 1.50. The number of amides is 2. The SMILES string of the molecule is COc1cc(-c2ccc3ncc(NC(=O)NC4CCC(C)CC4)nc3n2)ccc1O. The molecule has 0 unspecified atom stereocenters. The van der Waals surface area contributed by atoms with Crippen molar-refractivity contribution < 1.29 is 14.6 Å². The number of nitrogens with zero attached hydrogens (tertiary/aromatic N) is 3. The minimum Gasteiger partial charge on any atom is -0.504 e. The Bertz CT molecular complexity index is 1060. The number of anilines is 1. The first-order valence-electron chi connectivity index (χ1n) is 10.1. The molecule has 1 aromatic carbocycles. The molecule has 156 valence electrons. The molecular weight excluding hydrogens is 382 g/mol. The molecule has 1 aliphatic carbocycles. The van der Waals surface area contributed by atoms with Gasteiger partial charge in [-0.05, 0) is 61.9 Å². The Labute approximate surface area is 174 Å². The third-order valence-corrected chi connectivity index (χ3v) is 5.47. The van der Waals surface area contributed by atoms with Gasteiger partial charge in [-0.15, -0.1) is 0 Å².